The SMILES string of the molecule is [CH2-]OC1CC(C(=N)c2ccc3c(c2)OCC(COC(F)(F)F)O3)CC[C@H]1c1ccccc1.[Cs+]. The molecule has 2 aliphatic rings. The number of hydrogen-bond donors (Lipinski definition) is 1. The molecule has 1 saturated carbocycles. The largest absolute Gasteiger partial charge is 1.00 e. The number of hydrogen-bond acceptors (Lipinski definition) is 5. The summed E-state index contributed by atoms with van der Waals surface area (Å²) < 4.78 is 57.3. The minimum Gasteiger partial charge on any atom is -0.552 e. The van der Waals surface area contributed by atoms with Gasteiger partial charge in [0.2, 0.25) is 0 Å². The van der Waals surface area contributed by atoms with Crippen molar-refractivity contribution in [2.75, 3.05) is 13.2 Å². The monoisotopic (exact) mass is 581 g/mol. The van der Waals surface area contributed by atoms with Crippen molar-refractivity contribution in [3.63, 3.8) is 0 Å². The van der Waals surface area contributed by atoms with Crippen LogP contribution < -0.4 is 78.4 Å². The van der Waals surface area contributed by atoms with Gasteiger partial charge in [0, 0.05) is 23.7 Å². The maximum Gasteiger partial charge on any atom is 1.00 e. The normalized spacial score (nSPS) is 24.6. The first kappa shape index (κ1) is 27.1. The van der Waals surface area contributed by atoms with E-state index in [0.717, 1.165) is 12.8 Å². The van der Waals surface area contributed by atoms with Crippen LogP contribution in [0.4, 0.5) is 13.2 Å². The van der Waals surface area contributed by atoms with Gasteiger partial charge in [-0.05, 0) is 48.6 Å². The molecule has 9 heteroatoms. The molecule has 172 valence electrons. The van der Waals surface area contributed by atoms with Gasteiger partial charge < -0.3 is 19.6 Å². The number of halogens is 3. The fourth-order valence-corrected chi connectivity index (χ4v) is 4.44. The third-order valence-electron chi connectivity index (χ3n) is 6.05. The summed E-state index contributed by atoms with van der Waals surface area (Å²) in [5.41, 5.74) is 2.39. The molecular weight excluding hydrogens is 556 g/mol. The third-order valence-corrected chi connectivity index (χ3v) is 6.05. The first-order valence-corrected chi connectivity index (χ1v) is 10.5. The molecule has 0 saturated heterocycles. The van der Waals surface area contributed by atoms with Gasteiger partial charge in [-0.25, -0.2) is 7.11 Å². The van der Waals surface area contributed by atoms with E-state index in [4.69, 9.17) is 19.6 Å². The summed E-state index contributed by atoms with van der Waals surface area (Å²) in [6.07, 6.45) is -3.21. The van der Waals surface area contributed by atoms with E-state index in [-0.39, 0.29) is 93.4 Å². The zero-order chi connectivity index (χ0) is 22.7. The van der Waals surface area contributed by atoms with E-state index < -0.39 is 19.1 Å². The fourth-order valence-electron chi connectivity index (χ4n) is 4.44. The molecule has 4 atom stereocenters. The van der Waals surface area contributed by atoms with Crippen LogP contribution in [0.25, 0.3) is 0 Å². The predicted octanol–water partition coefficient (Wildman–Crippen LogP) is 2.50. The molecule has 1 aliphatic heterocycles. The predicted molar refractivity (Wildman–Crippen MR) is 112 cm³/mol. The van der Waals surface area contributed by atoms with Crippen LogP contribution in [0.3, 0.4) is 0 Å². The molecule has 33 heavy (non-hydrogen) atoms. The van der Waals surface area contributed by atoms with Gasteiger partial charge in [0.05, 0.1) is 6.61 Å². The standard InChI is InChI=1S/C24H25F3NO4.Cs/c1-29-21-11-16(7-9-19(21)15-5-3-2-4-6-15)23(28)17-8-10-20-22(12-17)30-13-18(32-20)14-31-24(25,26)27;/h2-6,8,10,12,16,18-19,21,28H,1,7,9,11,13-14H2;/q-1;+1/t16?,18?,19-,21?;/m0./s1. The second kappa shape index (κ2) is 11.9. The quantitative estimate of drug-likeness (QED) is 0.421. The summed E-state index contributed by atoms with van der Waals surface area (Å²) in [4.78, 5) is 0. The summed E-state index contributed by atoms with van der Waals surface area (Å²) in [6, 6.07) is 15.3. The molecule has 1 fully saturated rings. The van der Waals surface area contributed by atoms with Crippen molar-refractivity contribution in [3.05, 3.63) is 66.8 Å². The summed E-state index contributed by atoms with van der Waals surface area (Å²) in [5, 5.41) is 8.73. The second-order valence-corrected chi connectivity index (χ2v) is 8.12. The van der Waals surface area contributed by atoms with Crippen LogP contribution in [0.15, 0.2) is 48.5 Å². The van der Waals surface area contributed by atoms with Crippen molar-refractivity contribution in [2.45, 2.75) is 43.8 Å². The van der Waals surface area contributed by atoms with E-state index in [2.05, 4.69) is 24.0 Å². The third kappa shape index (κ3) is 7.00. The minimum atomic E-state index is -4.71. The Kier molecular flexibility index (Phi) is 9.79. The van der Waals surface area contributed by atoms with Crippen LogP contribution in [0.2, 0.25) is 0 Å². The molecule has 0 bridgehead atoms. The molecule has 5 nitrogen and oxygen atoms in total. The molecular formula is C24H25CsF3NO4. The van der Waals surface area contributed by atoms with Crippen LogP contribution in [-0.4, -0.2) is 37.5 Å². The van der Waals surface area contributed by atoms with E-state index in [1.807, 2.05) is 18.2 Å². The van der Waals surface area contributed by atoms with E-state index in [1.165, 1.54) is 5.56 Å². The Morgan fingerprint density at radius 2 is 1.85 bits per heavy atom. The Balaban J connectivity index is 0.00000306. The first-order chi connectivity index (χ1) is 15.3. The summed E-state index contributed by atoms with van der Waals surface area (Å²) in [5.74, 6) is 1.01. The second-order valence-electron chi connectivity index (χ2n) is 8.12. The molecule has 3 unspecified atom stereocenters. The van der Waals surface area contributed by atoms with Gasteiger partial charge in [-0.2, -0.15) is 0 Å². The van der Waals surface area contributed by atoms with Crippen LogP contribution in [0, 0.1) is 18.4 Å². The van der Waals surface area contributed by atoms with Gasteiger partial charge in [0.1, 0.15) is 6.61 Å². The van der Waals surface area contributed by atoms with Crippen molar-refractivity contribution >= 4 is 5.71 Å². The number of benzene rings is 2. The Bertz CT molecular complexity index is 941. The molecule has 0 amide bonds. The molecule has 0 spiro atoms. The number of nitrogens with one attached hydrogen (secondary N) is 1. The number of alkyl halides is 3. The van der Waals surface area contributed by atoms with E-state index in [9.17, 15) is 13.2 Å². The molecule has 0 aromatic heterocycles. The molecule has 1 N–H and O–H groups in total. The molecule has 1 aliphatic carbocycles. The Hall–Kier alpha value is -0.528. The Morgan fingerprint density at radius 1 is 1.09 bits per heavy atom. The molecule has 2 aromatic carbocycles. The van der Waals surface area contributed by atoms with Crippen LogP contribution in [-0.2, 0) is 9.47 Å². The van der Waals surface area contributed by atoms with E-state index in [1.54, 1.807) is 18.2 Å². The van der Waals surface area contributed by atoms with E-state index in [0.29, 0.717) is 29.2 Å². The zero-order valence-corrected chi connectivity index (χ0v) is 24.7. The van der Waals surface area contributed by atoms with Crippen LogP contribution in [0.5, 0.6) is 11.5 Å². The smallest absolute Gasteiger partial charge is 0.552 e. The van der Waals surface area contributed by atoms with Gasteiger partial charge in [-0.1, -0.05) is 30.3 Å². The van der Waals surface area contributed by atoms with Gasteiger partial charge in [-0.3, -0.25) is 4.74 Å². The molecule has 1 heterocycles. The average Bonchev–Trinajstić information content (AvgIpc) is 2.81. The summed E-state index contributed by atoms with van der Waals surface area (Å²) >= 11 is 0. The Morgan fingerprint density at radius 3 is 2.55 bits per heavy atom. The maximum absolute atomic E-state index is 12.2. The maximum atomic E-state index is 12.2. The molecule has 2 aromatic rings. The number of rotatable bonds is 6. The Labute approximate surface area is 250 Å². The van der Waals surface area contributed by atoms with Gasteiger partial charge in [0.25, 0.3) is 0 Å². The number of ether oxygens (including phenoxy) is 4. The van der Waals surface area contributed by atoms with Crippen molar-refractivity contribution in [1.82, 2.24) is 0 Å². The first-order valence-electron chi connectivity index (χ1n) is 10.5. The average molecular weight is 581 g/mol. The van der Waals surface area contributed by atoms with Gasteiger partial charge in [-0.15, -0.1) is 13.2 Å². The van der Waals surface area contributed by atoms with Crippen molar-refractivity contribution in [1.29, 1.82) is 5.41 Å². The minimum absolute atomic E-state index is 0. The van der Waals surface area contributed by atoms with Gasteiger partial charge >= 0.3 is 75.3 Å². The topological polar surface area (TPSA) is 60.8 Å². The molecule has 4 rings (SSSR count). The van der Waals surface area contributed by atoms with Crippen LogP contribution >= 0.6 is 0 Å². The van der Waals surface area contributed by atoms with Gasteiger partial charge in [0.15, 0.2) is 17.6 Å². The summed E-state index contributed by atoms with van der Waals surface area (Å²) in [7, 11) is 3.66. The number of fused-ring (bicyclic) bond motifs is 1. The summed E-state index contributed by atoms with van der Waals surface area (Å²) in [6.45, 7) is -0.697. The molecule has 0 radical (unpaired) electrons. The van der Waals surface area contributed by atoms with Crippen molar-refractivity contribution in [2.24, 2.45) is 5.92 Å². The van der Waals surface area contributed by atoms with Crippen molar-refractivity contribution in [3.8, 4) is 11.5 Å². The fraction of sp³-hybridized carbons (Fsp3) is 0.417. The van der Waals surface area contributed by atoms with Crippen molar-refractivity contribution < 1.29 is 101 Å². The van der Waals surface area contributed by atoms with E-state index >= 15 is 0 Å². The van der Waals surface area contributed by atoms with Crippen LogP contribution in [0.1, 0.15) is 36.3 Å². The zero-order valence-electron chi connectivity index (χ0n) is 18.4.